The Morgan fingerprint density at radius 2 is 2.15 bits per heavy atom. The third-order valence-electron chi connectivity index (χ3n) is 5.12. The van der Waals surface area contributed by atoms with Crippen LogP contribution in [-0.2, 0) is 9.47 Å². The van der Waals surface area contributed by atoms with Gasteiger partial charge in [-0.1, -0.05) is 49.0 Å². The molecular formula is C23H35NO2. The molecule has 1 aliphatic carbocycles. The predicted molar refractivity (Wildman–Crippen MR) is 111 cm³/mol. The standard InChI is InChI=1S/C23H35NO2/c1-5-11-21(25-4)15-14-18(2)12-9-7-6-8-10-13-20-17-26-23(24-20)22-16-19(22)3/h5,7,9-10,12-13,19-22H,1,6,8,11,14-17H2,2-4H3/b9-7+,13-10-,18-12+/t19-,20+,21-,22+/m0/s1. The van der Waals surface area contributed by atoms with Gasteiger partial charge in [-0.3, -0.25) is 0 Å². The van der Waals surface area contributed by atoms with E-state index in [1.807, 2.05) is 6.08 Å². The summed E-state index contributed by atoms with van der Waals surface area (Å²) in [7, 11) is 1.77. The minimum Gasteiger partial charge on any atom is -0.478 e. The number of ether oxygens (including phenoxy) is 2. The lowest BCUT2D eigenvalue weighted by Gasteiger charge is -2.12. The molecule has 0 saturated heterocycles. The summed E-state index contributed by atoms with van der Waals surface area (Å²) in [4.78, 5) is 4.68. The first-order valence-corrected chi connectivity index (χ1v) is 9.97. The molecule has 4 atom stereocenters. The highest BCUT2D eigenvalue weighted by atomic mass is 16.5. The van der Waals surface area contributed by atoms with E-state index in [2.05, 4.69) is 55.8 Å². The fourth-order valence-corrected chi connectivity index (χ4v) is 3.14. The summed E-state index contributed by atoms with van der Waals surface area (Å²) in [6, 6.07) is 0.230. The zero-order valence-corrected chi connectivity index (χ0v) is 16.7. The number of unbranched alkanes of at least 4 members (excludes halogenated alkanes) is 1. The molecule has 1 aliphatic heterocycles. The monoisotopic (exact) mass is 357 g/mol. The Labute approximate surface area is 159 Å². The van der Waals surface area contributed by atoms with Crippen LogP contribution in [0.15, 0.2) is 53.6 Å². The maximum absolute atomic E-state index is 5.71. The van der Waals surface area contributed by atoms with Gasteiger partial charge in [-0.15, -0.1) is 6.58 Å². The molecular weight excluding hydrogens is 322 g/mol. The maximum atomic E-state index is 5.71. The van der Waals surface area contributed by atoms with Crippen molar-refractivity contribution in [2.75, 3.05) is 13.7 Å². The van der Waals surface area contributed by atoms with Crippen LogP contribution in [0.1, 0.15) is 52.4 Å². The molecule has 0 spiro atoms. The first kappa shape index (κ1) is 20.7. The number of rotatable bonds is 12. The fourth-order valence-electron chi connectivity index (χ4n) is 3.14. The number of hydrogen-bond donors (Lipinski definition) is 0. The van der Waals surface area contributed by atoms with E-state index in [0.29, 0.717) is 5.92 Å². The average molecular weight is 358 g/mol. The molecule has 26 heavy (non-hydrogen) atoms. The molecule has 1 fully saturated rings. The summed E-state index contributed by atoms with van der Waals surface area (Å²) in [6.45, 7) is 8.95. The molecule has 3 heteroatoms. The zero-order valence-electron chi connectivity index (χ0n) is 16.7. The van der Waals surface area contributed by atoms with Crippen molar-refractivity contribution in [2.24, 2.45) is 16.8 Å². The largest absolute Gasteiger partial charge is 0.478 e. The van der Waals surface area contributed by atoms with E-state index in [-0.39, 0.29) is 12.1 Å². The second-order valence-corrected chi connectivity index (χ2v) is 7.53. The third kappa shape index (κ3) is 7.33. The van der Waals surface area contributed by atoms with Crippen molar-refractivity contribution in [2.45, 2.75) is 64.5 Å². The third-order valence-corrected chi connectivity index (χ3v) is 5.12. The SMILES string of the molecule is C=CC[C@@H](CC/C(C)=C/C=C/CC/C=C\[C@@H]1COC([C@@H]2C[C@@H]2C)=N1)OC. The quantitative estimate of drug-likeness (QED) is 0.257. The molecule has 0 bridgehead atoms. The van der Waals surface area contributed by atoms with Crippen LogP contribution in [0.4, 0.5) is 0 Å². The molecule has 0 aromatic rings. The van der Waals surface area contributed by atoms with Gasteiger partial charge in [-0.25, -0.2) is 4.99 Å². The van der Waals surface area contributed by atoms with Gasteiger partial charge in [0, 0.05) is 13.0 Å². The molecule has 1 saturated carbocycles. The van der Waals surface area contributed by atoms with Crippen molar-refractivity contribution < 1.29 is 9.47 Å². The van der Waals surface area contributed by atoms with E-state index in [1.165, 1.54) is 12.0 Å². The van der Waals surface area contributed by atoms with E-state index in [9.17, 15) is 0 Å². The Balaban J connectivity index is 1.58. The molecule has 3 nitrogen and oxygen atoms in total. The lowest BCUT2D eigenvalue weighted by Crippen LogP contribution is -2.08. The Kier molecular flexibility index (Phi) is 8.90. The Hall–Kier alpha value is -1.61. The van der Waals surface area contributed by atoms with Gasteiger partial charge >= 0.3 is 0 Å². The Morgan fingerprint density at radius 1 is 1.38 bits per heavy atom. The van der Waals surface area contributed by atoms with E-state index in [4.69, 9.17) is 9.47 Å². The molecule has 2 rings (SSSR count). The molecule has 0 unspecified atom stereocenters. The lowest BCUT2D eigenvalue weighted by molar-refractivity contribution is 0.0981. The number of hydrogen-bond acceptors (Lipinski definition) is 3. The summed E-state index contributed by atoms with van der Waals surface area (Å²) in [5.41, 5.74) is 1.39. The first-order chi connectivity index (χ1) is 12.6. The van der Waals surface area contributed by atoms with Gasteiger partial charge in [0.2, 0.25) is 0 Å². The van der Waals surface area contributed by atoms with Crippen LogP contribution in [0.2, 0.25) is 0 Å². The zero-order chi connectivity index (χ0) is 18.8. The number of nitrogens with zero attached hydrogens (tertiary/aromatic N) is 1. The second-order valence-electron chi connectivity index (χ2n) is 7.53. The van der Waals surface area contributed by atoms with Crippen LogP contribution in [0.5, 0.6) is 0 Å². The molecule has 2 aliphatic rings. The fraction of sp³-hybridized carbons (Fsp3) is 0.609. The second kappa shape index (κ2) is 11.2. The molecule has 0 radical (unpaired) electrons. The van der Waals surface area contributed by atoms with Gasteiger partial charge in [0.15, 0.2) is 5.90 Å². The number of methoxy groups -OCH3 is 1. The Morgan fingerprint density at radius 3 is 2.85 bits per heavy atom. The molecule has 0 aromatic carbocycles. The summed E-state index contributed by atoms with van der Waals surface area (Å²) in [6.07, 6.45) is 19.6. The van der Waals surface area contributed by atoms with Gasteiger partial charge in [0.25, 0.3) is 0 Å². The van der Waals surface area contributed by atoms with Crippen molar-refractivity contribution in [3.05, 3.63) is 48.6 Å². The van der Waals surface area contributed by atoms with Crippen molar-refractivity contribution in [3.8, 4) is 0 Å². The van der Waals surface area contributed by atoms with Crippen LogP contribution in [0, 0.1) is 11.8 Å². The van der Waals surface area contributed by atoms with E-state index < -0.39 is 0 Å². The van der Waals surface area contributed by atoms with Gasteiger partial charge < -0.3 is 9.47 Å². The summed E-state index contributed by atoms with van der Waals surface area (Å²) >= 11 is 0. The van der Waals surface area contributed by atoms with Crippen molar-refractivity contribution in [1.82, 2.24) is 0 Å². The summed E-state index contributed by atoms with van der Waals surface area (Å²) in [5.74, 6) is 2.36. The van der Waals surface area contributed by atoms with Crippen LogP contribution < -0.4 is 0 Å². The summed E-state index contributed by atoms with van der Waals surface area (Å²) in [5, 5.41) is 0. The highest BCUT2D eigenvalue weighted by Crippen LogP contribution is 2.40. The molecule has 0 amide bonds. The van der Waals surface area contributed by atoms with Gasteiger partial charge in [0.1, 0.15) is 12.6 Å². The smallest absolute Gasteiger partial charge is 0.187 e. The lowest BCUT2D eigenvalue weighted by atomic mass is 10.1. The Bertz CT molecular complexity index is 559. The minimum absolute atomic E-state index is 0.230. The van der Waals surface area contributed by atoms with Gasteiger partial charge in [-0.05, 0) is 51.4 Å². The van der Waals surface area contributed by atoms with Crippen LogP contribution in [0.25, 0.3) is 0 Å². The van der Waals surface area contributed by atoms with Crippen LogP contribution in [-0.4, -0.2) is 31.8 Å². The molecule has 0 N–H and O–H groups in total. The van der Waals surface area contributed by atoms with Gasteiger partial charge in [0.05, 0.1) is 6.10 Å². The van der Waals surface area contributed by atoms with E-state index in [1.54, 1.807) is 7.11 Å². The molecule has 144 valence electrons. The van der Waals surface area contributed by atoms with Crippen molar-refractivity contribution >= 4 is 5.90 Å². The topological polar surface area (TPSA) is 30.8 Å². The van der Waals surface area contributed by atoms with Crippen LogP contribution in [0.3, 0.4) is 0 Å². The van der Waals surface area contributed by atoms with Gasteiger partial charge in [-0.2, -0.15) is 0 Å². The predicted octanol–water partition coefficient (Wildman–Crippen LogP) is 5.65. The minimum atomic E-state index is 0.230. The molecule has 0 aromatic heterocycles. The first-order valence-electron chi connectivity index (χ1n) is 9.97. The van der Waals surface area contributed by atoms with E-state index in [0.717, 1.165) is 50.5 Å². The average Bonchev–Trinajstić information content (AvgIpc) is 3.18. The highest BCUT2D eigenvalue weighted by molar-refractivity contribution is 5.83. The number of allylic oxidation sites excluding steroid dienone is 5. The highest BCUT2D eigenvalue weighted by Gasteiger charge is 2.40. The number of aliphatic imine (C=N–C) groups is 1. The molecule has 1 heterocycles. The van der Waals surface area contributed by atoms with Crippen LogP contribution >= 0.6 is 0 Å². The van der Waals surface area contributed by atoms with Crippen molar-refractivity contribution in [3.63, 3.8) is 0 Å². The maximum Gasteiger partial charge on any atom is 0.187 e. The summed E-state index contributed by atoms with van der Waals surface area (Å²) < 4.78 is 11.1. The van der Waals surface area contributed by atoms with Crippen molar-refractivity contribution in [1.29, 1.82) is 0 Å². The van der Waals surface area contributed by atoms with E-state index >= 15 is 0 Å². The normalized spacial score (nSPS) is 27.0.